The molecule has 1 aromatic heterocycles. The molecule has 26 heavy (non-hydrogen) atoms. The van der Waals surface area contributed by atoms with Gasteiger partial charge in [-0.3, -0.25) is 4.79 Å². The van der Waals surface area contributed by atoms with E-state index in [2.05, 4.69) is 10.3 Å². The largest absolute Gasteiger partial charge is 0.383 e. The lowest BCUT2D eigenvalue weighted by molar-refractivity contribution is -0.121. The lowest BCUT2D eigenvalue weighted by atomic mass is 9.87. The second kappa shape index (κ2) is 8.34. The third kappa shape index (κ3) is 4.06. The van der Waals surface area contributed by atoms with Crippen molar-refractivity contribution in [3.63, 3.8) is 0 Å². The van der Waals surface area contributed by atoms with E-state index in [9.17, 15) is 9.18 Å². The first-order chi connectivity index (χ1) is 12.6. The highest BCUT2D eigenvalue weighted by molar-refractivity contribution is 6.31. The predicted molar refractivity (Wildman–Crippen MR) is 101 cm³/mol. The number of H-pyrrole nitrogens is 1. The molecule has 0 fully saturated rings. The van der Waals surface area contributed by atoms with Crippen molar-refractivity contribution in [3.05, 3.63) is 70.6 Å². The van der Waals surface area contributed by atoms with Crippen LogP contribution in [0.25, 0.3) is 10.9 Å². The Labute approximate surface area is 156 Å². The molecule has 2 aromatic carbocycles. The number of fused-ring (bicyclic) bond motifs is 1. The number of benzene rings is 2. The van der Waals surface area contributed by atoms with E-state index in [1.54, 1.807) is 31.4 Å². The molecule has 0 aliphatic carbocycles. The average molecular weight is 375 g/mol. The van der Waals surface area contributed by atoms with Gasteiger partial charge in [0.25, 0.3) is 0 Å². The van der Waals surface area contributed by atoms with Gasteiger partial charge >= 0.3 is 0 Å². The number of rotatable bonds is 7. The maximum Gasteiger partial charge on any atom is 0.221 e. The molecule has 1 amide bonds. The van der Waals surface area contributed by atoms with Gasteiger partial charge in [0.05, 0.1) is 6.61 Å². The molecule has 3 aromatic rings. The SMILES string of the molecule is COCCNC(=O)CC(c1ccccc1F)c1c[nH]c2ccc(Cl)cc12. The van der Waals surface area contributed by atoms with Crippen molar-refractivity contribution in [1.29, 1.82) is 0 Å². The third-order valence-electron chi connectivity index (χ3n) is 4.35. The van der Waals surface area contributed by atoms with Gasteiger partial charge in [0.2, 0.25) is 5.91 Å². The van der Waals surface area contributed by atoms with Crippen LogP contribution in [0, 0.1) is 5.82 Å². The number of methoxy groups -OCH3 is 1. The minimum atomic E-state index is -0.425. The van der Waals surface area contributed by atoms with Crippen LogP contribution in [0.1, 0.15) is 23.5 Å². The maximum absolute atomic E-state index is 14.5. The van der Waals surface area contributed by atoms with Crippen LogP contribution < -0.4 is 5.32 Å². The summed E-state index contributed by atoms with van der Waals surface area (Å²) in [4.78, 5) is 15.6. The molecule has 4 nitrogen and oxygen atoms in total. The average Bonchev–Trinajstić information content (AvgIpc) is 3.03. The van der Waals surface area contributed by atoms with Gasteiger partial charge in [-0.1, -0.05) is 29.8 Å². The van der Waals surface area contributed by atoms with E-state index in [-0.39, 0.29) is 18.1 Å². The molecule has 0 radical (unpaired) electrons. The van der Waals surface area contributed by atoms with E-state index in [0.29, 0.717) is 23.7 Å². The Hall–Kier alpha value is -2.37. The lowest BCUT2D eigenvalue weighted by Gasteiger charge is -2.18. The van der Waals surface area contributed by atoms with Crippen LogP contribution in [0.15, 0.2) is 48.7 Å². The summed E-state index contributed by atoms with van der Waals surface area (Å²) in [6.45, 7) is 0.845. The summed E-state index contributed by atoms with van der Waals surface area (Å²) in [6, 6.07) is 12.0. The van der Waals surface area contributed by atoms with E-state index in [4.69, 9.17) is 16.3 Å². The Balaban J connectivity index is 1.98. The number of hydrogen-bond donors (Lipinski definition) is 2. The molecule has 0 bridgehead atoms. The Morgan fingerprint density at radius 1 is 1.27 bits per heavy atom. The number of aromatic amines is 1. The number of carbonyl (C=O) groups is 1. The first kappa shape index (κ1) is 18.4. The van der Waals surface area contributed by atoms with E-state index in [1.807, 2.05) is 18.3 Å². The predicted octanol–water partition coefficient (Wildman–Crippen LogP) is 4.25. The van der Waals surface area contributed by atoms with Crippen LogP contribution in [0.5, 0.6) is 0 Å². The van der Waals surface area contributed by atoms with Gasteiger partial charge in [0.15, 0.2) is 0 Å². The molecule has 1 heterocycles. The summed E-state index contributed by atoms with van der Waals surface area (Å²) in [5.41, 5.74) is 2.22. The van der Waals surface area contributed by atoms with Gasteiger partial charge in [0.1, 0.15) is 5.82 Å². The van der Waals surface area contributed by atoms with Gasteiger partial charge in [-0.15, -0.1) is 0 Å². The monoisotopic (exact) mass is 374 g/mol. The summed E-state index contributed by atoms with van der Waals surface area (Å²) < 4.78 is 19.4. The summed E-state index contributed by atoms with van der Waals surface area (Å²) >= 11 is 6.14. The summed E-state index contributed by atoms with van der Waals surface area (Å²) in [7, 11) is 1.57. The van der Waals surface area contributed by atoms with E-state index < -0.39 is 5.92 Å². The highest BCUT2D eigenvalue weighted by Crippen LogP contribution is 2.35. The minimum Gasteiger partial charge on any atom is -0.383 e. The summed E-state index contributed by atoms with van der Waals surface area (Å²) in [6.07, 6.45) is 1.95. The van der Waals surface area contributed by atoms with E-state index >= 15 is 0 Å². The number of carbonyl (C=O) groups excluding carboxylic acids is 1. The second-order valence-corrected chi connectivity index (χ2v) is 6.49. The Morgan fingerprint density at radius 2 is 2.08 bits per heavy atom. The molecule has 1 unspecified atom stereocenters. The first-order valence-corrected chi connectivity index (χ1v) is 8.74. The molecule has 136 valence electrons. The van der Waals surface area contributed by atoms with Crippen molar-refractivity contribution in [1.82, 2.24) is 10.3 Å². The van der Waals surface area contributed by atoms with E-state index in [1.165, 1.54) is 6.07 Å². The standard InChI is InChI=1S/C20H20ClFN2O2/c1-26-9-8-23-20(25)11-15(14-4-2-3-5-18(14)22)17-12-24-19-7-6-13(21)10-16(17)19/h2-7,10,12,15,24H,8-9,11H2,1H3,(H,23,25). The molecule has 6 heteroatoms. The number of hydrogen-bond acceptors (Lipinski definition) is 2. The van der Waals surface area contributed by atoms with Crippen LogP contribution in [-0.2, 0) is 9.53 Å². The van der Waals surface area contributed by atoms with Gasteiger partial charge in [-0.2, -0.15) is 0 Å². The fraction of sp³-hybridized carbons (Fsp3) is 0.250. The third-order valence-corrected chi connectivity index (χ3v) is 4.58. The van der Waals surface area contributed by atoms with Crippen molar-refractivity contribution in [2.24, 2.45) is 0 Å². The molecule has 0 saturated carbocycles. The Bertz CT molecular complexity index is 910. The van der Waals surface area contributed by atoms with Crippen LogP contribution in [-0.4, -0.2) is 31.2 Å². The quantitative estimate of drug-likeness (QED) is 0.607. The molecule has 3 rings (SSSR count). The number of amides is 1. The molecule has 2 N–H and O–H groups in total. The molecule has 0 aliphatic rings. The zero-order valence-corrected chi connectivity index (χ0v) is 15.1. The molecule has 0 aliphatic heterocycles. The molecular formula is C20H20ClFN2O2. The Morgan fingerprint density at radius 3 is 2.85 bits per heavy atom. The highest BCUT2D eigenvalue weighted by atomic mass is 35.5. The highest BCUT2D eigenvalue weighted by Gasteiger charge is 2.24. The lowest BCUT2D eigenvalue weighted by Crippen LogP contribution is -2.28. The smallest absolute Gasteiger partial charge is 0.221 e. The summed E-state index contributed by atoms with van der Waals surface area (Å²) in [5, 5.41) is 4.28. The maximum atomic E-state index is 14.5. The zero-order chi connectivity index (χ0) is 18.5. The normalized spacial score (nSPS) is 12.3. The van der Waals surface area contributed by atoms with E-state index in [0.717, 1.165) is 16.5 Å². The van der Waals surface area contributed by atoms with Crippen LogP contribution in [0.2, 0.25) is 5.02 Å². The molecule has 0 spiro atoms. The van der Waals surface area contributed by atoms with Crippen molar-refractivity contribution < 1.29 is 13.9 Å². The van der Waals surface area contributed by atoms with Crippen molar-refractivity contribution in [2.45, 2.75) is 12.3 Å². The van der Waals surface area contributed by atoms with Crippen molar-refractivity contribution in [2.75, 3.05) is 20.3 Å². The fourth-order valence-electron chi connectivity index (χ4n) is 3.10. The fourth-order valence-corrected chi connectivity index (χ4v) is 3.27. The van der Waals surface area contributed by atoms with Crippen LogP contribution >= 0.6 is 11.6 Å². The number of halogens is 2. The van der Waals surface area contributed by atoms with Gasteiger partial charge in [0, 0.05) is 48.1 Å². The zero-order valence-electron chi connectivity index (χ0n) is 14.4. The van der Waals surface area contributed by atoms with Crippen molar-refractivity contribution >= 4 is 28.4 Å². The number of ether oxygens (including phenoxy) is 1. The number of nitrogens with one attached hydrogen (secondary N) is 2. The molecular weight excluding hydrogens is 355 g/mol. The van der Waals surface area contributed by atoms with Crippen LogP contribution in [0.3, 0.4) is 0 Å². The first-order valence-electron chi connectivity index (χ1n) is 8.36. The number of aromatic nitrogens is 1. The van der Waals surface area contributed by atoms with Gasteiger partial charge < -0.3 is 15.0 Å². The van der Waals surface area contributed by atoms with Crippen molar-refractivity contribution in [3.8, 4) is 0 Å². The van der Waals surface area contributed by atoms with Crippen LogP contribution in [0.4, 0.5) is 4.39 Å². The second-order valence-electron chi connectivity index (χ2n) is 6.05. The Kier molecular flexibility index (Phi) is 5.91. The molecule has 0 saturated heterocycles. The van der Waals surface area contributed by atoms with Gasteiger partial charge in [-0.25, -0.2) is 4.39 Å². The topological polar surface area (TPSA) is 54.1 Å². The minimum absolute atomic E-state index is 0.129. The molecule has 1 atom stereocenters. The van der Waals surface area contributed by atoms with Gasteiger partial charge in [-0.05, 0) is 35.4 Å². The summed E-state index contributed by atoms with van der Waals surface area (Å²) in [5.74, 6) is -0.920.